The van der Waals surface area contributed by atoms with Crippen LogP contribution in [-0.4, -0.2) is 0 Å². The van der Waals surface area contributed by atoms with Gasteiger partial charge in [-0.15, -0.1) is 0 Å². The molecule has 0 aliphatic heterocycles. The molecule has 23 heavy (non-hydrogen) atoms. The Labute approximate surface area is 157 Å². The van der Waals surface area contributed by atoms with Crippen LogP contribution in [0.3, 0.4) is 0 Å². The normalized spacial score (nSPS) is 10.7. The highest BCUT2D eigenvalue weighted by Crippen LogP contribution is 2.32. The second kappa shape index (κ2) is 8.89. The molecule has 0 heterocycles. The number of rotatable bonds is 2. The van der Waals surface area contributed by atoms with Gasteiger partial charge in [-0.05, 0) is 64.9 Å². The van der Waals surface area contributed by atoms with E-state index in [1.165, 1.54) is 22.3 Å². The van der Waals surface area contributed by atoms with Gasteiger partial charge in [0.2, 0.25) is 0 Å². The molecular weight excluding hydrogens is 414 g/mol. The van der Waals surface area contributed by atoms with E-state index in [4.69, 9.17) is 5.73 Å². The van der Waals surface area contributed by atoms with Crippen molar-refractivity contribution in [2.24, 2.45) is 0 Å². The third-order valence-corrected chi connectivity index (χ3v) is 4.77. The van der Waals surface area contributed by atoms with Gasteiger partial charge < -0.3 is 5.73 Å². The van der Waals surface area contributed by atoms with Gasteiger partial charge >= 0.3 is 0 Å². The minimum atomic E-state index is 0.457. The van der Waals surface area contributed by atoms with Crippen molar-refractivity contribution in [3.8, 4) is 0 Å². The number of benzene rings is 2. The van der Waals surface area contributed by atoms with E-state index in [0.717, 1.165) is 14.6 Å². The fourth-order valence-corrected chi connectivity index (χ4v) is 3.68. The summed E-state index contributed by atoms with van der Waals surface area (Å²) in [6.45, 7) is 13.0. The molecule has 0 fully saturated rings. The van der Waals surface area contributed by atoms with Crippen LogP contribution in [0, 0.1) is 13.8 Å². The van der Waals surface area contributed by atoms with Crippen LogP contribution in [0.1, 0.15) is 61.8 Å². The lowest BCUT2D eigenvalue weighted by Gasteiger charge is -2.11. The molecule has 2 aromatic rings. The highest BCUT2D eigenvalue weighted by atomic mass is 79.9. The minimum absolute atomic E-state index is 0.457. The summed E-state index contributed by atoms with van der Waals surface area (Å²) in [5, 5.41) is 0. The number of hydrogen-bond donors (Lipinski definition) is 1. The number of aryl methyl sites for hydroxylation is 2. The average molecular weight is 441 g/mol. The van der Waals surface area contributed by atoms with Gasteiger partial charge in [-0.2, -0.15) is 0 Å². The lowest BCUT2D eigenvalue weighted by molar-refractivity contribution is 0.863. The average Bonchev–Trinajstić information content (AvgIpc) is 2.42. The quantitative estimate of drug-likeness (QED) is 0.485. The van der Waals surface area contributed by atoms with Gasteiger partial charge in [0.15, 0.2) is 0 Å². The van der Waals surface area contributed by atoms with Gasteiger partial charge in [0.1, 0.15) is 0 Å². The molecule has 2 rings (SSSR count). The summed E-state index contributed by atoms with van der Waals surface area (Å²) in [6, 6.07) is 10.8. The Hall–Kier alpha value is -0.800. The van der Waals surface area contributed by atoms with Crippen LogP contribution in [-0.2, 0) is 0 Å². The van der Waals surface area contributed by atoms with Gasteiger partial charge in [-0.3, -0.25) is 0 Å². The van der Waals surface area contributed by atoms with E-state index in [2.05, 4.69) is 97.7 Å². The van der Waals surface area contributed by atoms with E-state index >= 15 is 0 Å². The standard InChI is InChI=1S/C11H16.C9H11Br2N/c1-8(2)11-6-9(3)5-10(4)7-11;1-5(2)7-3-6(10)4-8(11)9(7)12/h5-8H,1-4H3;3-5H,12H2,1-2H3. The number of nitrogens with two attached hydrogens (primary N) is 1. The van der Waals surface area contributed by atoms with E-state index in [0.29, 0.717) is 11.8 Å². The number of anilines is 1. The van der Waals surface area contributed by atoms with E-state index in [1.807, 2.05) is 6.07 Å². The second-order valence-electron chi connectivity index (χ2n) is 6.62. The van der Waals surface area contributed by atoms with Crippen molar-refractivity contribution in [2.75, 3.05) is 5.73 Å². The Balaban J connectivity index is 0.000000231. The molecule has 2 N–H and O–H groups in total. The Morgan fingerprint density at radius 1 is 0.783 bits per heavy atom. The van der Waals surface area contributed by atoms with Crippen LogP contribution in [0.25, 0.3) is 0 Å². The highest BCUT2D eigenvalue weighted by Gasteiger charge is 2.08. The summed E-state index contributed by atoms with van der Waals surface area (Å²) in [4.78, 5) is 0. The third kappa shape index (κ3) is 6.31. The van der Waals surface area contributed by atoms with Gasteiger partial charge in [0, 0.05) is 14.6 Å². The fraction of sp³-hybridized carbons (Fsp3) is 0.400. The molecule has 126 valence electrons. The first-order chi connectivity index (χ1) is 10.6. The predicted molar refractivity (Wildman–Crippen MR) is 110 cm³/mol. The predicted octanol–water partition coefficient (Wildman–Crippen LogP) is 7.34. The van der Waals surface area contributed by atoms with Crippen LogP contribution >= 0.6 is 31.9 Å². The Bertz CT molecular complexity index is 641. The molecule has 0 saturated carbocycles. The fourth-order valence-electron chi connectivity index (χ4n) is 2.43. The third-order valence-electron chi connectivity index (χ3n) is 3.66. The summed E-state index contributed by atoms with van der Waals surface area (Å²) in [7, 11) is 0. The van der Waals surface area contributed by atoms with Gasteiger partial charge in [0.05, 0.1) is 0 Å². The summed E-state index contributed by atoms with van der Waals surface area (Å²) in [5.74, 6) is 1.10. The monoisotopic (exact) mass is 439 g/mol. The molecule has 2 aromatic carbocycles. The lowest BCUT2D eigenvalue weighted by Crippen LogP contribution is -1.97. The first-order valence-electron chi connectivity index (χ1n) is 7.94. The van der Waals surface area contributed by atoms with Crippen molar-refractivity contribution in [2.45, 2.75) is 53.4 Å². The van der Waals surface area contributed by atoms with Gasteiger partial charge in [-0.1, -0.05) is 73.0 Å². The Kier molecular flexibility index (Phi) is 7.82. The van der Waals surface area contributed by atoms with Gasteiger partial charge in [-0.25, -0.2) is 0 Å². The molecule has 1 nitrogen and oxygen atoms in total. The Morgan fingerprint density at radius 3 is 1.74 bits per heavy atom. The smallest absolute Gasteiger partial charge is 0.0494 e. The zero-order valence-corrected chi connectivity index (χ0v) is 18.0. The van der Waals surface area contributed by atoms with Crippen LogP contribution in [0.4, 0.5) is 5.69 Å². The van der Waals surface area contributed by atoms with E-state index in [-0.39, 0.29) is 0 Å². The minimum Gasteiger partial charge on any atom is -0.398 e. The molecule has 0 aromatic heterocycles. The van der Waals surface area contributed by atoms with Crippen LogP contribution < -0.4 is 5.73 Å². The van der Waals surface area contributed by atoms with E-state index in [1.54, 1.807) is 0 Å². The summed E-state index contributed by atoms with van der Waals surface area (Å²) >= 11 is 6.84. The molecule has 0 saturated heterocycles. The van der Waals surface area contributed by atoms with Crippen LogP contribution in [0.15, 0.2) is 39.3 Å². The summed E-state index contributed by atoms with van der Waals surface area (Å²) in [6.07, 6.45) is 0. The molecule has 3 heteroatoms. The molecule has 0 aliphatic rings. The first-order valence-corrected chi connectivity index (χ1v) is 9.53. The molecule has 0 aliphatic carbocycles. The van der Waals surface area contributed by atoms with Crippen LogP contribution in [0.2, 0.25) is 0 Å². The summed E-state index contributed by atoms with van der Waals surface area (Å²) < 4.78 is 2.02. The zero-order valence-electron chi connectivity index (χ0n) is 14.9. The van der Waals surface area contributed by atoms with E-state index in [9.17, 15) is 0 Å². The zero-order chi connectivity index (χ0) is 17.7. The molecule has 0 amide bonds. The van der Waals surface area contributed by atoms with Crippen molar-refractivity contribution in [3.05, 3.63) is 61.5 Å². The topological polar surface area (TPSA) is 26.0 Å². The van der Waals surface area contributed by atoms with E-state index < -0.39 is 0 Å². The maximum absolute atomic E-state index is 5.88. The van der Waals surface area contributed by atoms with Gasteiger partial charge in [0.25, 0.3) is 0 Å². The molecular formula is C20H27Br2N. The number of hydrogen-bond acceptors (Lipinski definition) is 1. The number of nitrogen functional groups attached to an aromatic ring is 1. The van der Waals surface area contributed by atoms with Crippen molar-refractivity contribution in [1.82, 2.24) is 0 Å². The molecule has 0 unspecified atom stereocenters. The molecule has 0 atom stereocenters. The van der Waals surface area contributed by atoms with Crippen LogP contribution in [0.5, 0.6) is 0 Å². The van der Waals surface area contributed by atoms with Crippen molar-refractivity contribution >= 4 is 37.5 Å². The molecule has 0 spiro atoms. The first kappa shape index (κ1) is 20.2. The second-order valence-corrected chi connectivity index (χ2v) is 8.39. The lowest BCUT2D eigenvalue weighted by atomic mass is 9.99. The Morgan fingerprint density at radius 2 is 1.30 bits per heavy atom. The maximum atomic E-state index is 5.88. The molecule has 0 bridgehead atoms. The van der Waals surface area contributed by atoms with Crippen molar-refractivity contribution < 1.29 is 0 Å². The van der Waals surface area contributed by atoms with Crippen molar-refractivity contribution in [3.63, 3.8) is 0 Å². The largest absolute Gasteiger partial charge is 0.398 e. The molecule has 0 radical (unpaired) electrons. The maximum Gasteiger partial charge on any atom is 0.0494 e. The summed E-state index contributed by atoms with van der Waals surface area (Å²) in [5.41, 5.74) is 12.1. The highest BCUT2D eigenvalue weighted by molar-refractivity contribution is 9.11. The number of halogens is 2. The SMILES string of the molecule is CC(C)c1cc(Br)cc(Br)c1N.Cc1cc(C)cc(C(C)C)c1. The van der Waals surface area contributed by atoms with Crippen molar-refractivity contribution in [1.29, 1.82) is 0 Å².